The summed E-state index contributed by atoms with van der Waals surface area (Å²) in [6.07, 6.45) is 0. The zero-order valence-electron chi connectivity index (χ0n) is 9.50. The number of hydrogen-bond donors (Lipinski definition) is 2. The molecule has 1 unspecified atom stereocenters. The van der Waals surface area contributed by atoms with Crippen LogP contribution in [0.15, 0.2) is 29.5 Å². The van der Waals surface area contributed by atoms with Gasteiger partial charge >= 0.3 is 12.0 Å². The highest BCUT2D eigenvalue weighted by molar-refractivity contribution is 5.97. The van der Waals surface area contributed by atoms with Crippen LogP contribution in [0.25, 0.3) is 0 Å². The molecule has 98 valence electrons. The summed E-state index contributed by atoms with van der Waals surface area (Å²) in [5, 5.41) is 4.93. The van der Waals surface area contributed by atoms with E-state index in [0.717, 1.165) is 12.1 Å². The van der Waals surface area contributed by atoms with Crippen molar-refractivity contribution in [2.45, 2.75) is 6.04 Å². The van der Waals surface area contributed by atoms with Crippen LogP contribution in [-0.2, 0) is 9.53 Å². The maximum Gasteiger partial charge on any atom is 0.338 e. The highest BCUT2D eigenvalue weighted by Gasteiger charge is 2.38. The van der Waals surface area contributed by atoms with Crippen LogP contribution < -0.4 is 10.6 Å². The number of carbonyl (C=O) groups excluding carboxylic acids is 2. The van der Waals surface area contributed by atoms with Gasteiger partial charge in [0.25, 0.3) is 0 Å². The first-order chi connectivity index (χ1) is 9.06. The van der Waals surface area contributed by atoms with Gasteiger partial charge in [0, 0.05) is 0 Å². The molecule has 5 nitrogen and oxygen atoms in total. The molecule has 0 aromatic heterocycles. The first-order valence-electron chi connectivity index (χ1n) is 5.49. The Kier molecular flexibility index (Phi) is 2.48. The zero-order valence-corrected chi connectivity index (χ0v) is 9.50. The molecule has 2 aliphatic rings. The number of rotatable bonds is 1. The van der Waals surface area contributed by atoms with E-state index in [1.807, 2.05) is 0 Å². The molecule has 1 atom stereocenters. The molecular weight excluding hydrogens is 258 g/mol. The summed E-state index contributed by atoms with van der Waals surface area (Å²) >= 11 is 0. The number of cyclic esters (lactones) is 1. The van der Waals surface area contributed by atoms with Gasteiger partial charge in [-0.25, -0.2) is 18.4 Å². The van der Waals surface area contributed by atoms with Crippen molar-refractivity contribution in [2.24, 2.45) is 0 Å². The molecule has 2 aliphatic heterocycles. The van der Waals surface area contributed by atoms with Crippen LogP contribution in [0.1, 0.15) is 11.6 Å². The fraction of sp³-hybridized carbons (Fsp3) is 0.167. The van der Waals surface area contributed by atoms with Crippen molar-refractivity contribution in [1.82, 2.24) is 10.6 Å². The van der Waals surface area contributed by atoms with Crippen LogP contribution in [0, 0.1) is 11.6 Å². The lowest BCUT2D eigenvalue weighted by Crippen LogP contribution is -2.44. The van der Waals surface area contributed by atoms with E-state index in [0.29, 0.717) is 5.70 Å². The lowest BCUT2D eigenvalue weighted by molar-refractivity contribution is -0.136. The van der Waals surface area contributed by atoms with Crippen molar-refractivity contribution in [3.05, 3.63) is 46.7 Å². The molecule has 7 heteroatoms. The molecule has 0 radical (unpaired) electrons. The van der Waals surface area contributed by atoms with Crippen molar-refractivity contribution in [1.29, 1.82) is 0 Å². The van der Waals surface area contributed by atoms with E-state index in [1.54, 1.807) is 0 Å². The Hall–Kier alpha value is -2.44. The number of ether oxygens (including phenoxy) is 1. The number of urea groups is 1. The van der Waals surface area contributed by atoms with Crippen molar-refractivity contribution in [3.63, 3.8) is 0 Å². The number of hydrogen-bond acceptors (Lipinski definition) is 3. The normalized spacial score (nSPS) is 21.7. The summed E-state index contributed by atoms with van der Waals surface area (Å²) in [6.45, 7) is -0.0260. The van der Waals surface area contributed by atoms with Gasteiger partial charge in [-0.3, -0.25) is 0 Å². The van der Waals surface area contributed by atoms with Crippen LogP contribution in [0.3, 0.4) is 0 Å². The molecule has 2 amide bonds. The largest absolute Gasteiger partial charge is 0.456 e. The Morgan fingerprint density at radius 1 is 1.21 bits per heavy atom. The molecule has 3 rings (SSSR count). The number of amides is 2. The van der Waals surface area contributed by atoms with Gasteiger partial charge in [-0.05, 0) is 17.7 Å². The van der Waals surface area contributed by atoms with E-state index in [-0.39, 0.29) is 17.7 Å². The standard InChI is InChI=1S/C12H8F2N2O3/c13-6-2-1-5(3-7(6)14)10-9-8(4-19-11(9)17)15-12(18)16-10/h1-3,10H,4H2,(H2,15,16,18). The Morgan fingerprint density at radius 2 is 2.00 bits per heavy atom. The summed E-state index contributed by atoms with van der Waals surface area (Å²) in [4.78, 5) is 23.1. The van der Waals surface area contributed by atoms with Crippen LogP contribution in [0.5, 0.6) is 0 Å². The highest BCUT2D eigenvalue weighted by Crippen LogP contribution is 2.31. The minimum atomic E-state index is -1.04. The molecular formula is C12H8F2N2O3. The van der Waals surface area contributed by atoms with Crippen molar-refractivity contribution >= 4 is 12.0 Å². The topological polar surface area (TPSA) is 67.4 Å². The molecule has 0 bridgehead atoms. The highest BCUT2D eigenvalue weighted by atomic mass is 19.2. The molecule has 0 spiro atoms. The van der Waals surface area contributed by atoms with Crippen LogP contribution >= 0.6 is 0 Å². The first-order valence-corrected chi connectivity index (χ1v) is 5.49. The summed E-state index contributed by atoms with van der Waals surface area (Å²) in [5.74, 6) is -2.62. The lowest BCUT2D eigenvalue weighted by Gasteiger charge is -2.24. The molecule has 0 fully saturated rings. The van der Waals surface area contributed by atoms with E-state index in [4.69, 9.17) is 4.74 Å². The second kappa shape index (κ2) is 4.04. The number of nitrogens with one attached hydrogen (secondary N) is 2. The van der Waals surface area contributed by atoms with Gasteiger partial charge in [0.15, 0.2) is 11.6 Å². The second-order valence-corrected chi connectivity index (χ2v) is 4.17. The SMILES string of the molecule is O=C1NC2=C(C(=O)OC2)C(c2ccc(F)c(F)c2)N1. The average molecular weight is 266 g/mol. The van der Waals surface area contributed by atoms with Crippen LogP contribution in [0.2, 0.25) is 0 Å². The van der Waals surface area contributed by atoms with E-state index in [2.05, 4.69) is 10.6 Å². The van der Waals surface area contributed by atoms with Gasteiger partial charge in [-0.15, -0.1) is 0 Å². The van der Waals surface area contributed by atoms with Gasteiger partial charge < -0.3 is 15.4 Å². The Bertz CT molecular complexity index is 627. The Morgan fingerprint density at radius 3 is 2.74 bits per heavy atom. The maximum atomic E-state index is 13.2. The van der Waals surface area contributed by atoms with Crippen molar-refractivity contribution in [2.75, 3.05) is 6.61 Å². The molecule has 0 aliphatic carbocycles. The number of halogens is 2. The van der Waals surface area contributed by atoms with Crippen molar-refractivity contribution < 1.29 is 23.1 Å². The third kappa shape index (κ3) is 1.83. The summed E-state index contributed by atoms with van der Waals surface area (Å²) in [7, 11) is 0. The van der Waals surface area contributed by atoms with Crippen LogP contribution in [0.4, 0.5) is 13.6 Å². The smallest absolute Gasteiger partial charge is 0.338 e. The lowest BCUT2D eigenvalue weighted by atomic mass is 9.96. The predicted octanol–water partition coefficient (Wildman–Crippen LogP) is 1.13. The summed E-state index contributed by atoms with van der Waals surface area (Å²) in [5.41, 5.74) is 0.842. The van der Waals surface area contributed by atoms with Gasteiger partial charge in [0.1, 0.15) is 6.61 Å². The number of carbonyl (C=O) groups is 2. The summed E-state index contributed by atoms with van der Waals surface area (Å²) < 4.78 is 31.0. The minimum Gasteiger partial charge on any atom is -0.456 e. The van der Waals surface area contributed by atoms with Crippen LogP contribution in [-0.4, -0.2) is 18.6 Å². The van der Waals surface area contributed by atoms with E-state index in [1.165, 1.54) is 6.07 Å². The Labute approximate surface area is 106 Å². The quantitative estimate of drug-likeness (QED) is 0.749. The predicted molar refractivity (Wildman–Crippen MR) is 58.8 cm³/mol. The third-order valence-corrected chi connectivity index (χ3v) is 3.00. The first kappa shape index (κ1) is 11.6. The fourth-order valence-electron chi connectivity index (χ4n) is 2.13. The van der Waals surface area contributed by atoms with Crippen molar-refractivity contribution in [3.8, 4) is 0 Å². The Balaban J connectivity index is 2.07. The van der Waals surface area contributed by atoms with E-state index < -0.39 is 29.7 Å². The summed E-state index contributed by atoms with van der Waals surface area (Å²) in [6, 6.07) is 1.84. The zero-order chi connectivity index (χ0) is 13.6. The maximum absolute atomic E-state index is 13.2. The second-order valence-electron chi connectivity index (χ2n) is 4.17. The minimum absolute atomic E-state index is 0.0260. The number of esters is 1. The monoisotopic (exact) mass is 266 g/mol. The molecule has 2 N–H and O–H groups in total. The van der Waals surface area contributed by atoms with E-state index in [9.17, 15) is 18.4 Å². The van der Waals surface area contributed by atoms with E-state index >= 15 is 0 Å². The van der Waals surface area contributed by atoms with Gasteiger partial charge in [0.05, 0.1) is 17.3 Å². The molecule has 0 saturated carbocycles. The third-order valence-electron chi connectivity index (χ3n) is 3.00. The van der Waals surface area contributed by atoms with Gasteiger partial charge in [0.2, 0.25) is 0 Å². The molecule has 19 heavy (non-hydrogen) atoms. The molecule has 1 aromatic carbocycles. The molecule has 0 saturated heterocycles. The van der Waals surface area contributed by atoms with Gasteiger partial charge in [-0.2, -0.15) is 0 Å². The average Bonchev–Trinajstić information content (AvgIpc) is 2.73. The number of benzene rings is 1. The fourth-order valence-corrected chi connectivity index (χ4v) is 2.13. The molecule has 1 aromatic rings. The van der Waals surface area contributed by atoms with Gasteiger partial charge in [-0.1, -0.05) is 6.07 Å². The molecule has 2 heterocycles.